The van der Waals surface area contributed by atoms with E-state index >= 15 is 0 Å². The van der Waals surface area contributed by atoms with Crippen molar-refractivity contribution in [1.82, 2.24) is 9.97 Å². The van der Waals surface area contributed by atoms with Gasteiger partial charge in [-0.25, -0.2) is 9.97 Å². The van der Waals surface area contributed by atoms with Crippen LogP contribution < -0.4 is 4.90 Å². The van der Waals surface area contributed by atoms with E-state index < -0.39 is 0 Å². The predicted octanol–water partition coefficient (Wildman–Crippen LogP) is 1.85. The minimum atomic E-state index is 0.389. The monoisotopic (exact) mass is 266 g/mol. The van der Waals surface area contributed by atoms with Crippen LogP contribution in [0, 0.1) is 11.3 Å². The Balaban J connectivity index is 2.01. The van der Waals surface area contributed by atoms with Crippen LogP contribution in [-0.2, 0) is 4.74 Å². The fraction of sp³-hybridized carbons (Fsp3) is 0.267. The average molecular weight is 266 g/mol. The molecule has 5 nitrogen and oxygen atoms in total. The zero-order chi connectivity index (χ0) is 13.8. The van der Waals surface area contributed by atoms with Gasteiger partial charge in [0.15, 0.2) is 5.82 Å². The predicted molar refractivity (Wildman–Crippen MR) is 75.2 cm³/mol. The second-order valence-electron chi connectivity index (χ2n) is 4.51. The first-order chi connectivity index (χ1) is 9.86. The highest BCUT2D eigenvalue weighted by Crippen LogP contribution is 2.20. The first kappa shape index (κ1) is 12.6. The maximum absolute atomic E-state index is 9.15. The van der Waals surface area contributed by atoms with Crippen molar-refractivity contribution in [3.63, 3.8) is 0 Å². The van der Waals surface area contributed by atoms with Gasteiger partial charge < -0.3 is 9.64 Å². The molecular weight excluding hydrogens is 252 g/mol. The molecule has 1 fully saturated rings. The van der Waals surface area contributed by atoms with Crippen LogP contribution in [0.2, 0.25) is 0 Å². The minimum absolute atomic E-state index is 0.389. The largest absolute Gasteiger partial charge is 0.378 e. The van der Waals surface area contributed by atoms with Gasteiger partial charge in [-0.1, -0.05) is 30.3 Å². The molecule has 1 aromatic heterocycles. The molecule has 0 N–H and O–H groups in total. The molecule has 0 unspecified atom stereocenters. The van der Waals surface area contributed by atoms with Gasteiger partial charge in [-0.2, -0.15) is 5.26 Å². The van der Waals surface area contributed by atoms with E-state index in [-0.39, 0.29) is 0 Å². The van der Waals surface area contributed by atoms with Crippen molar-refractivity contribution >= 4 is 5.82 Å². The first-order valence-electron chi connectivity index (χ1n) is 6.54. The minimum Gasteiger partial charge on any atom is -0.378 e. The Morgan fingerprint density at radius 1 is 1.10 bits per heavy atom. The lowest BCUT2D eigenvalue weighted by atomic mass is 10.2. The van der Waals surface area contributed by atoms with Crippen molar-refractivity contribution < 1.29 is 4.74 Å². The fourth-order valence-corrected chi connectivity index (χ4v) is 2.16. The molecule has 0 aliphatic carbocycles. The zero-order valence-electron chi connectivity index (χ0n) is 11.0. The van der Waals surface area contributed by atoms with E-state index in [4.69, 9.17) is 10.00 Å². The molecule has 0 amide bonds. The van der Waals surface area contributed by atoms with Crippen molar-refractivity contribution in [2.45, 2.75) is 0 Å². The molecule has 0 radical (unpaired) electrons. The van der Waals surface area contributed by atoms with Gasteiger partial charge in [-0.15, -0.1) is 0 Å². The molecule has 1 aromatic carbocycles. The lowest BCUT2D eigenvalue weighted by Crippen LogP contribution is -2.36. The third-order valence-corrected chi connectivity index (χ3v) is 3.19. The summed E-state index contributed by atoms with van der Waals surface area (Å²) in [5, 5.41) is 9.15. The number of nitriles is 1. The summed E-state index contributed by atoms with van der Waals surface area (Å²) in [4.78, 5) is 11.0. The molecule has 1 saturated heterocycles. The molecule has 20 heavy (non-hydrogen) atoms. The summed E-state index contributed by atoms with van der Waals surface area (Å²) in [6.07, 6.45) is 0. The van der Waals surface area contributed by atoms with Gasteiger partial charge >= 0.3 is 0 Å². The second kappa shape index (κ2) is 5.68. The maximum Gasteiger partial charge on any atom is 0.162 e. The summed E-state index contributed by atoms with van der Waals surface area (Å²) < 4.78 is 5.34. The van der Waals surface area contributed by atoms with Crippen LogP contribution in [0.3, 0.4) is 0 Å². The Bertz CT molecular complexity index is 630. The highest BCUT2D eigenvalue weighted by Gasteiger charge is 2.15. The Hall–Kier alpha value is -2.45. The number of nitrogens with zero attached hydrogens (tertiary/aromatic N) is 4. The molecule has 3 rings (SSSR count). The van der Waals surface area contributed by atoms with Crippen molar-refractivity contribution in [3.05, 3.63) is 42.1 Å². The average Bonchev–Trinajstić information content (AvgIpc) is 2.56. The molecule has 5 heteroatoms. The van der Waals surface area contributed by atoms with Gasteiger partial charge in [0.1, 0.15) is 17.6 Å². The van der Waals surface area contributed by atoms with E-state index in [1.54, 1.807) is 6.07 Å². The van der Waals surface area contributed by atoms with Crippen molar-refractivity contribution in [2.24, 2.45) is 0 Å². The van der Waals surface area contributed by atoms with Gasteiger partial charge in [0.05, 0.1) is 13.2 Å². The summed E-state index contributed by atoms with van der Waals surface area (Å²) in [5.41, 5.74) is 1.31. The Kier molecular flexibility index (Phi) is 3.57. The number of rotatable bonds is 2. The smallest absolute Gasteiger partial charge is 0.162 e. The highest BCUT2D eigenvalue weighted by molar-refractivity contribution is 5.59. The second-order valence-corrected chi connectivity index (χ2v) is 4.51. The third-order valence-electron chi connectivity index (χ3n) is 3.19. The molecule has 0 spiro atoms. The van der Waals surface area contributed by atoms with Gasteiger partial charge in [0.2, 0.25) is 0 Å². The molecule has 0 atom stereocenters. The van der Waals surface area contributed by atoms with Crippen LogP contribution in [0.1, 0.15) is 5.69 Å². The number of hydrogen-bond donors (Lipinski definition) is 0. The summed E-state index contributed by atoms with van der Waals surface area (Å²) in [6.45, 7) is 2.95. The first-order valence-corrected chi connectivity index (χ1v) is 6.54. The van der Waals surface area contributed by atoms with Gasteiger partial charge in [0, 0.05) is 24.7 Å². The van der Waals surface area contributed by atoms with Gasteiger partial charge in [0.25, 0.3) is 0 Å². The normalized spacial score (nSPS) is 14.8. The quantitative estimate of drug-likeness (QED) is 0.830. The van der Waals surface area contributed by atoms with Crippen LogP contribution >= 0.6 is 0 Å². The van der Waals surface area contributed by atoms with Crippen LogP contribution in [0.5, 0.6) is 0 Å². The standard InChI is InChI=1S/C15H14N4O/c16-11-13-10-14(19-6-8-20-9-7-19)18-15(17-13)12-4-2-1-3-5-12/h1-5,10H,6-9H2. The van der Waals surface area contributed by atoms with Crippen LogP contribution in [0.4, 0.5) is 5.82 Å². The molecule has 0 saturated carbocycles. The molecular formula is C15H14N4O. The number of anilines is 1. The van der Waals surface area contributed by atoms with E-state index in [9.17, 15) is 0 Å². The molecule has 2 heterocycles. The number of ether oxygens (including phenoxy) is 1. The van der Waals surface area contributed by atoms with E-state index in [0.29, 0.717) is 24.7 Å². The Morgan fingerprint density at radius 2 is 1.85 bits per heavy atom. The molecule has 1 aliphatic rings. The van der Waals surface area contributed by atoms with E-state index in [1.807, 2.05) is 30.3 Å². The lowest BCUT2D eigenvalue weighted by molar-refractivity contribution is 0.122. The van der Waals surface area contributed by atoms with E-state index in [0.717, 1.165) is 24.5 Å². The SMILES string of the molecule is N#Cc1cc(N2CCOCC2)nc(-c2ccccc2)n1. The lowest BCUT2D eigenvalue weighted by Gasteiger charge is -2.28. The Morgan fingerprint density at radius 3 is 2.55 bits per heavy atom. The maximum atomic E-state index is 9.15. The van der Waals surface area contributed by atoms with Crippen molar-refractivity contribution in [1.29, 1.82) is 5.26 Å². The van der Waals surface area contributed by atoms with Crippen molar-refractivity contribution in [3.8, 4) is 17.5 Å². The summed E-state index contributed by atoms with van der Waals surface area (Å²) in [6, 6.07) is 13.5. The van der Waals surface area contributed by atoms with E-state index in [1.165, 1.54) is 0 Å². The van der Waals surface area contributed by atoms with Crippen LogP contribution in [-0.4, -0.2) is 36.3 Å². The fourth-order valence-electron chi connectivity index (χ4n) is 2.16. The number of aromatic nitrogens is 2. The zero-order valence-corrected chi connectivity index (χ0v) is 11.0. The third kappa shape index (κ3) is 2.60. The highest BCUT2D eigenvalue weighted by atomic mass is 16.5. The van der Waals surface area contributed by atoms with Crippen LogP contribution in [0.25, 0.3) is 11.4 Å². The van der Waals surface area contributed by atoms with Crippen LogP contribution in [0.15, 0.2) is 36.4 Å². The number of morpholine rings is 1. The summed E-state index contributed by atoms with van der Waals surface area (Å²) in [7, 11) is 0. The molecule has 0 bridgehead atoms. The molecule has 1 aliphatic heterocycles. The number of benzene rings is 1. The van der Waals surface area contributed by atoms with Gasteiger partial charge in [-0.3, -0.25) is 0 Å². The van der Waals surface area contributed by atoms with Gasteiger partial charge in [-0.05, 0) is 0 Å². The van der Waals surface area contributed by atoms with E-state index in [2.05, 4.69) is 20.9 Å². The number of hydrogen-bond acceptors (Lipinski definition) is 5. The van der Waals surface area contributed by atoms with Crippen molar-refractivity contribution in [2.75, 3.05) is 31.2 Å². The summed E-state index contributed by atoms with van der Waals surface area (Å²) in [5.74, 6) is 1.38. The Labute approximate surface area is 117 Å². The topological polar surface area (TPSA) is 62.0 Å². The summed E-state index contributed by atoms with van der Waals surface area (Å²) >= 11 is 0. The molecule has 2 aromatic rings. The molecule has 100 valence electrons.